The smallest absolute Gasteiger partial charge is 0.133 e. The monoisotopic (exact) mass is 374 g/mol. The van der Waals surface area contributed by atoms with Crippen molar-refractivity contribution >= 4 is 22.6 Å². The topological polar surface area (TPSA) is 20.2 Å². The van der Waals surface area contributed by atoms with Crippen LogP contribution in [0.2, 0.25) is 0 Å². The first-order valence-electron chi connectivity index (χ1n) is 5.77. The lowest BCUT2D eigenvalue weighted by Crippen LogP contribution is -2.15. The molecular weight excluding hydrogens is 361 g/mol. The van der Waals surface area contributed by atoms with Crippen LogP contribution in [0.3, 0.4) is 0 Å². The molecule has 0 aliphatic rings. The minimum absolute atomic E-state index is 0.355. The standard InChI is InChI=1S/C15H13F2IO/c1-15(2,19)9-3-5-12(14(18)7-9)11-6-4-10(16)8-13(11)17/h3-8,19H,1-2H3. The van der Waals surface area contributed by atoms with E-state index >= 15 is 0 Å². The Morgan fingerprint density at radius 2 is 1.63 bits per heavy atom. The van der Waals surface area contributed by atoms with Crippen LogP contribution in [-0.4, -0.2) is 5.11 Å². The van der Waals surface area contributed by atoms with E-state index in [4.69, 9.17) is 0 Å². The number of benzene rings is 2. The fourth-order valence-electron chi connectivity index (χ4n) is 1.82. The van der Waals surface area contributed by atoms with Crippen LogP contribution in [0.4, 0.5) is 8.78 Å². The van der Waals surface area contributed by atoms with Gasteiger partial charge in [-0.1, -0.05) is 12.1 Å². The van der Waals surface area contributed by atoms with Gasteiger partial charge in [0.05, 0.1) is 5.60 Å². The highest BCUT2D eigenvalue weighted by Crippen LogP contribution is 2.31. The summed E-state index contributed by atoms with van der Waals surface area (Å²) in [6, 6.07) is 8.82. The second-order valence-electron chi connectivity index (χ2n) is 4.88. The average molecular weight is 374 g/mol. The number of aliphatic hydroxyl groups is 1. The van der Waals surface area contributed by atoms with E-state index < -0.39 is 17.2 Å². The summed E-state index contributed by atoms with van der Waals surface area (Å²) >= 11 is 2.08. The fraction of sp³-hybridized carbons (Fsp3) is 0.200. The molecule has 0 aliphatic heterocycles. The van der Waals surface area contributed by atoms with E-state index in [1.54, 1.807) is 32.0 Å². The summed E-state index contributed by atoms with van der Waals surface area (Å²) in [6.45, 7) is 3.38. The van der Waals surface area contributed by atoms with Gasteiger partial charge in [-0.15, -0.1) is 0 Å². The van der Waals surface area contributed by atoms with Crippen LogP contribution in [0.15, 0.2) is 36.4 Å². The predicted octanol–water partition coefficient (Wildman–Crippen LogP) is 4.46. The molecule has 0 spiro atoms. The van der Waals surface area contributed by atoms with Crippen molar-refractivity contribution in [2.75, 3.05) is 0 Å². The molecule has 2 rings (SSSR count). The molecule has 0 aliphatic carbocycles. The molecule has 0 bridgehead atoms. The van der Waals surface area contributed by atoms with Gasteiger partial charge in [0.25, 0.3) is 0 Å². The molecular formula is C15H13F2IO. The van der Waals surface area contributed by atoms with Gasteiger partial charge in [0.2, 0.25) is 0 Å². The number of halogens is 3. The number of rotatable bonds is 2. The lowest BCUT2D eigenvalue weighted by molar-refractivity contribution is 0.0785. The molecule has 0 fully saturated rings. The fourth-order valence-corrected chi connectivity index (χ4v) is 2.63. The third kappa shape index (κ3) is 3.12. The SMILES string of the molecule is CC(C)(O)c1ccc(-c2ccc(F)cc2F)c(I)c1. The minimum atomic E-state index is -0.945. The second kappa shape index (κ2) is 5.17. The van der Waals surface area contributed by atoms with E-state index in [0.29, 0.717) is 11.1 Å². The van der Waals surface area contributed by atoms with E-state index in [9.17, 15) is 13.9 Å². The predicted molar refractivity (Wildman–Crippen MR) is 79.8 cm³/mol. The van der Waals surface area contributed by atoms with E-state index in [2.05, 4.69) is 22.6 Å². The summed E-state index contributed by atoms with van der Waals surface area (Å²) in [6.07, 6.45) is 0. The van der Waals surface area contributed by atoms with E-state index in [1.165, 1.54) is 12.1 Å². The normalized spacial score (nSPS) is 11.7. The van der Waals surface area contributed by atoms with Crippen LogP contribution in [-0.2, 0) is 5.60 Å². The zero-order chi connectivity index (χ0) is 14.2. The second-order valence-corrected chi connectivity index (χ2v) is 6.04. The lowest BCUT2D eigenvalue weighted by atomic mass is 9.95. The molecule has 0 radical (unpaired) electrons. The maximum absolute atomic E-state index is 13.8. The van der Waals surface area contributed by atoms with Gasteiger partial charge in [-0.05, 0) is 65.8 Å². The molecule has 2 aromatic carbocycles. The van der Waals surface area contributed by atoms with E-state index in [-0.39, 0.29) is 0 Å². The molecule has 19 heavy (non-hydrogen) atoms. The van der Waals surface area contributed by atoms with E-state index in [0.717, 1.165) is 15.2 Å². The van der Waals surface area contributed by atoms with Crippen LogP contribution < -0.4 is 0 Å². The van der Waals surface area contributed by atoms with Crippen LogP contribution in [0.25, 0.3) is 11.1 Å². The lowest BCUT2D eigenvalue weighted by Gasteiger charge is -2.19. The molecule has 1 nitrogen and oxygen atoms in total. The Morgan fingerprint density at radius 1 is 1.00 bits per heavy atom. The molecule has 0 unspecified atom stereocenters. The molecule has 1 N–H and O–H groups in total. The Balaban J connectivity index is 2.52. The highest BCUT2D eigenvalue weighted by Gasteiger charge is 2.18. The number of hydrogen-bond donors (Lipinski definition) is 1. The van der Waals surface area contributed by atoms with Gasteiger partial charge in [-0.2, -0.15) is 0 Å². The van der Waals surface area contributed by atoms with Gasteiger partial charge in [0, 0.05) is 15.2 Å². The highest BCUT2D eigenvalue weighted by molar-refractivity contribution is 14.1. The van der Waals surface area contributed by atoms with Crippen LogP contribution in [0.5, 0.6) is 0 Å². The van der Waals surface area contributed by atoms with E-state index in [1.807, 2.05) is 0 Å². The van der Waals surface area contributed by atoms with Gasteiger partial charge in [-0.3, -0.25) is 0 Å². The Bertz CT molecular complexity index is 618. The van der Waals surface area contributed by atoms with Crippen LogP contribution >= 0.6 is 22.6 Å². The van der Waals surface area contributed by atoms with Gasteiger partial charge in [-0.25, -0.2) is 8.78 Å². The molecule has 4 heteroatoms. The molecule has 2 aromatic rings. The minimum Gasteiger partial charge on any atom is -0.386 e. The summed E-state index contributed by atoms with van der Waals surface area (Å²) in [4.78, 5) is 0. The third-order valence-corrected chi connectivity index (χ3v) is 3.79. The molecule has 0 amide bonds. The first-order chi connectivity index (χ1) is 8.79. The summed E-state index contributed by atoms with van der Waals surface area (Å²) < 4.78 is 27.5. The van der Waals surface area contributed by atoms with Crippen molar-refractivity contribution in [3.63, 3.8) is 0 Å². The summed E-state index contributed by atoms with van der Waals surface area (Å²) in [5, 5.41) is 9.94. The maximum atomic E-state index is 13.8. The van der Waals surface area contributed by atoms with Gasteiger partial charge >= 0.3 is 0 Å². The molecule has 0 saturated heterocycles. The van der Waals surface area contributed by atoms with Gasteiger partial charge in [0.15, 0.2) is 0 Å². The third-order valence-electron chi connectivity index (χ3n) is 2.90. The largest absolute Gasteiger partial charge is 0.386 e. The summed E-state index contributed by atoms with van der Waals surface area (Å²) in [5.74, 6) is -1.18. The molecule has 100 valence electrons. The molecule has 0 atom stereocenters. The first kappa shape index (κ1) is 14.4. The Morgan fingerprint density at radius 3 is 2.16 bits per heavy atom. The van der Waals surface area contributed by atoms with Crippen molar-refractivity contribution in [2.45, 2.75) is 19.4 Å². The van der Waals surface area contributed by atoms with Crippen molar-refractivity contribution in [3.8, 4) is 11.1 Å². The Labute approximate surface area is 124 Å². The quantitative estimate of drug-likeness (QED) is 0.770. The summed E-state index contributed by atoms with van der Waals surface area (Å²) in [5.41, 5.74) is 0.849. The van der Waals surface area contributed by atoms with Crippen molar-refractivity contribution in [2.24, 2.45) is 0 Å². The van der Waals surface area contributed by atoms with Crippen molar-refractivity contribution in [1.29, 1.82) is 0 Å². The maximum Gasteiger partial charge on any atom is 0.133 e. The van der Waals surface area contributed by atoms with Crippen molar-refractivity contribution in [3.05, 3.63) is 57.2 Å². The number of hydrogen-bond acceptors (Lipinski definition) is 1. The first-order valence-corrected chi connectivity index (χ1v) is 6.85. The zero-order valence-corrected chi connectivity index (χ0v) is 12.7. The van der Waals surface area contributed by atoms with Crippen molar-refractivity contribution < 1.29 is 13.9 Å². The highest BCUT2D eigenvalue weighted by atomic mass is 127. The zero-order valence-electron chi connectivity index (χ0n) is 10.5. The Hall–Kier alpha value is -1.01. The molecule has 0 saturated carbocycles. The van der Waals surface area contributed by atoms with Crippen molar-refractivity contribution in [1.82, 2.24) is 0 Å². The molecule has 0 heterocycles. The summed E-state index contributed by atoms with van der Waals surface area (Å²) in [7, 11) is 0. The van der Waals surface area contributed by atoms with Gasteiger partial charge < -0.3 is 5.11 Å². The Kier molecular flexibility index (Phi) is 3.92. The van der Waals surface area contributed by atoms with Crippen LogP contribution in [0, 0.1) is 15.2 Å². The molecule has 0 aromatic heterocycles. The van der Waals surface area contributed by atoms with Crippen LogP contribution in [0.1, 0.15) is 19.4 Å². The van der Waals surface area contributed by atoms with Gasteiger partial charge in [0.1, 0.15) is 11.6 Å². The average Bonchev–Trinajstić information content (AvgIpc) is 2.28.